The van der Waals surface area contributed by atoms with Gasteiger partial charge < -0.3 is 14.6 Å². The Balaban J connectivity index is 1.46. The van der Waals surface area contributed by atoms with Gasteiger partial charge in [0.05, 0.1) is 6.54 Å². The van der Waals surface area contributed by atoms with Crippen molar-refractivity contribution >= 4 is 16.8 Å². The van der Waals surface area contributed by atoms with Crippen LogP contribution in [-0.2, 0) is 4.84 Å². The van der Waals surface area contributed by atoms with Crippen LogP contribution >= 0.6 is 0 Å². The number of fused-ring (bicyclic) bond motifs is 3. The van der Waals surface area contributed by atoms with Gasteiger partial charge in [-0.3, -0.25) is 4.90 Å². The quantitative estimate of drug-likeness (QED) is 0.878. The molecule has 0 saturated carbocycles. The fraction of sp³-hybridized carbons (Fsp3) is 0.438. The Morgan fingerprint density at radius 1 is 1.27 bits per heavy atom. The molecule has 3 fully saturated rings. The van der Waals surface area contributed by atoms with Crippen LogP contribution in [-0.4, -0.2) is 36.1 Å². The number of furan rings is 1. The van der Waals surface area contributed by atoms with Crippen LogP contribution in [0.1, 0.15) is 18.6 Å². The van der Waals surface area contributed by atoms with E-state index in [1.165, 1.54) is 12.1 Å². The molecule has 2 aromatic rings. The number of oxime groups is 1. The molecule has 1 N–H and O–H groups in total. The van der Waals surface area contributed by atoms with E-state index in [4.69, 9.17) is 9.25 Å². The van der Waals surface area contributed by atoms with E-state index in [2.05, 4.69) is 15.4 Å². The fourth-order valence-electron chi connectivity index (χ4n) is 3.87. The maximum Gasteiger partial charge on any atom is 0.224 e. The average Bonchev–Trinajstić information content (AvgIpc) is 3.12. The Morgan fingerprint density at radius 3 is 2.91 bits per heavy atom. The first-order valence-corrected chi connectivity index (χ1v) is 7.68. The Kier molecular flexibility index (Phi) is 2.39. The highest BCUT2D eigenvalue weighted by molar-refractivity contribution is 6.00. The molecule has 4 aliphatic heterocycles. The third kappa shape index (κ3) is 1.70. The van der Waals surface area contributed by atoms with Crippen LogP contribution in [0.3, 0.4) is 0 Å². The summed E-state index contributed by atoms with van der Waals surface area (Å²) in [4.78, 5) is 8.21. The molecule has 1 spiro atoms. The molecular weight excluding hydrogens is 285 g/mol. The predicted octanol–water partition coefficient (Wildman–Crippen LogP) is 2.28. The van der Waals surface area contributed by atoms with E-state index in [1.807, 2.05) is 6.07 Å². The van der Waals surface area contributed by atoms with Crippen molar-refractivity contribution in [3.8, 4) is 0 Å². The van der Waals surface area contributed by atoms with Crippen molar-refractivity contribution in [2.24, 2.45) is 11.1 Å². The van der Waals surface area contributed by atoms with Gasteiger partial charge >= 0.3 is 0 Å². The molecule has 0 radical (unpaired) electrons. The van der Waals surface area contributed by atoms with Crippen molar-refractivity contribution in [3.63, 3.8) is 0 Å². The molecule has 1 aromatic carbocycles. The minimum atomic E-state index is -0.421. The van der Waals surface area contributed by atoms with Crippen LogP contribution in [0.5, 0.6) is 0 Å². The summed E-state index contributed by atoms with van der Waals surface area (Å²) in [5.74, 6) is 1.36. The Bertz CT molecular complexity index is 779. The summed E-state index contributed by atoms with van der Waals surface area (Å²) in [7, 11) is 0. The second-order valence-corrected chi connectivity index (χ2v) is 6.39. The number of halogens is 1. The monoisotopic (exact) mass is 301 g/mol. The summed E-state index contributed by atoms with van der Waals surface area (Å²) < 4.78 is 19.0. The molecule has 3 saturated heterocycles. The van der Waals surface area contributed by atoms with Crippen LogP contribution < -0.4 is 5.32 Å². The standard InChI is InChI=1S/C16H16FN3O2/c17-12-2-1-10-7-14(21-13(10)8-12)15-18-16(22-19-15)9-20-5-3-11(16)4-6-20/h1-2,7-8,11H,3-6,9H2,(H,18,19)/t16-/m0/s1. The maximum absolute atomic E-state index is 13.3. The first-order chi connectivity index (χ1) is 10.7. The van der Waals surface area contributed by atoms with Gasteiger partial charge in [-0.25, -0.2) is 4.39 Å². The lowest BCUT2D eigenvalue weighted by atomic mass is 9.81. The Labute approximate surface area is 126 Å². The number of rotatable bonds is 1. The topological polar surface area (TPSA) is 50.0 Å². The summed E-state index contributed by atoms with van der Waals surface area (Å²) in [6, 6.07) is 6.39. The van der Waals surface area contributed by atoms with Gasteiger partial charge in [0, 0.05) is 17.4 Å². The largest absolute Gasteiger partial charge is 0.453 e. The van der Waals surface area contributed by atoms with E-state index in [9.17, 15) is 4.39 Å². The first-order valence-electron chi connectivity index (χ1n) is 7.68. The number of amidine groups is 1. The molecule has 5 nitrogen and oxygen atoms in total. The van der Waals surface area contributed by atoms with Gasteiger partial charge in [0.2, 0.25) is 11.6 Å². The number of hydrogen-bond acceptors (Lipinski definition) is 5. The van der Waals surface area contributed by atoms with Crippen LogP contribution in [0.15, 0.2) is 33.8 Å². The second-order valence-electron chi connectivity index (χ2n) is 6.39. The normalized spacial score (nSPS) is 33.0. The third-order valence-corrected chi connectivity index (χ3v) is 5.05. The van der Waals surface area contributed by atoms with Crippen molar-refractivity contribution in [1.29, 1.82) is 0 Å². The van der Waals surface area contributed by atoms with E-state index < -0.39 is 5.72 Å². The van der Waals surface area contributed by atoms with E-state index in [0.29, 0.717) is 23.1 Å². The van der Waals surface area contributed by atoms with Gasteiger partial charge in [-0.2, -0.15) is 0 Å². The van der Waals surface area contributed by atoms with Crippen LogP contribution in [0.4, 0.5) is 4.39 Å². The van der Waals surface area contributed by atoms with Crippen molar-refractivity contribution in [3.05, 3.63) is 35.8 Å². The number of benzene rings is 1. The van der Waals surface area contributed by atoms with Gasteiger partial charge in [-0.15, -0.1) is 0 Å². The van der Waals surface area contributed by atoms with Gasteiger partial charge in [0.15, 0.2) is 5.76 Å². The molecule has 1 atom stereocenters. The summed E-state index contributed by atoms with van der Waals surface area (Å²) in [6.45, 7) is 3.12. The number of nitrogens with zero attached hydrogens (tertiary/aromatic N) is 2. The highest BCUT2D eigenvalue weighted by atomic mass is 19.1. The first kappa shape index (κ1) is 12.5. The van der Waals surface area contributed by atoms with Crippen molar-refractivity contribution in [2.45, 2.75) is 18.6 Å². The molecule has 2 bridgehead atoms. The molecule has 0 amide bonds. The lowest BCUT2D eigenvalue weighted by Gasteiger charge is -2.49. The highest BCUT2D eigenvalue weighted by Crippen LogP contribution is 2.39. The Morgan fingerprint density at radius 2 is 2.14 bits per heavy atom. The summed E-state index contributed by atoms with van der Waals surface area (Å²) in [6.07, 6.45) is 2.25. The smallest absolute Gasteiger partial charge is 0.224 e. The number of hydrogen-bond donors (Lipinski definition) is 1. The minimum Gasteiger partial charge on any atom is -0.453 e. The van der Waals surface area contributed by atoms with Gasteiger partial charge in [-0.05, 0) is 44.1 Å². The van der Waals surface area contributed by atoms with E-state index in [1.54, 1.807) is 6.07 Å². The molecular formula is C16H16FN3O2. The molecule has 6 rings (SSSR count). The zero-order chi connectivity index (χ0) is 14.7. The lowest BCUT2D eigenvalue weighted by Crippen LogP contribution is -2.65. The number of piperidine rings is 3. The summed E-state index contributed by atoms with van der Waals surface area (Å²) >= 11 is 0. The molecule has 0 unspecified atom stereocenters. The zero-order valence-corrected chi connectivity index (χ0v) is 12.0. The Hall–Kier alpha value is -2.08. The third-order valence-electron chi connectivity index (χ3n) is 5.05. The minimum absolute atomic E-state index is 0.306. The molecule has 4 aliphatic rings. The van der Waals surface area contributed by atoms with Crippen LogP contribution in [0.2, 0.25) is 0 Å². The van der Waals surface area contributed by atoms with E-state index in [0.717, 1.165) is 37.9 Å². The number of nitrogens with one attached hydrogen (secondary N) is 1. The molecule has 5 heterocycles. The molecule has 114 valence electrons. The highest BCUT2D eigenvalue weighted by Gasteiger charge is 2.52. The SMILES string of the molecule is Fc1ccc2cc(C3=NO[C@]4(CN5CCC4CC5)N3)oc2c1. The second kappa shape index (κ2) is 4.23. The van der Waals surface area contributed by atoms with Gasteiger partial charge in [-0.1, -0.05) is 5.16 Å². The molecule has 6 heteroatoms. The molecule has 22 heavy (non-hydrogen) atoms. The van der Waals surface area contributed by atoms with Crippen molar-refractivity contribution in [2.75, 3.05) is 19.6 Å². The molecule has 1 aromatic heterocycles. The van der Waals surface area contributed by atoms with Crippen molar-refractivity contribution in [1.82, 2.24) is 10.2 Å². The lowest BCUT2D eigenvalue weighted by molar-refractivity contribution is -0.148. The van der Waals surface area contributed by atoms with Crippen molar-refractivity contribution < 1.29 is 13.6 Å². The maximum atomic E-state index is 13.3. The van der Waals surface area contributed by atoms with Crippen LogP contribution in [0, 0.1) is 11.7 Å². The van der Waals surface area contributed by atoms with Gasteiger partial charge in [0.1, 0.15) is 11.4 Å². The zero-order valence-electron chi connectivity index (χ0n) is 12.0. The van der Waals surface area contributed by atoms with Gasteiger partial charge in [0.25, 0.3) is 0 Å². The van der Waals surface area contributed by atoms with E-state index in [-0.39, 0.29) is 5.82 Å². The fourth-order valence-corrected chi connectivity index (χ4v) is 3.87. The molecule has 0 aliphatic carbocycles. The predicted molar refractivity (Wildman–Crippen MR) is 78.8 cm³/mol. The summed E-state index contributed by atoms with van der Waals surface area (Å²) in [5.41, 5.74) is 0.102. The van der Waals surface area contributed by atoms with Crippen LogP contribution in [0.25, 0.3) is 11.0 Å². The average molecular weight is 301 g/mol. The van der Waals surface area contributed by atoms with E-state index >= 15 is 0 Å². The summed E-state index contributed by atoms with van der Waals surface area (Å²) in [5, 5.41) is 8.50.